The molecule has 8 heteroatoms. The molecule has 0 aromatic carbocycles. The molecule has 0 unspecified atom stereocenters. The van der Waals surface area contributed by atoms with Crippen LogP contribution in [0.3, 0.4) is 0 Å². The number of ether oxygens (including phenoxy) is 2. The van der Waals surface area contributed by atoms with Gasteiger partial charge in [-0.3, -0.25) is 4.79 Å². The van der Waals surface area contributed by atoms with Crippen LogP contribution in [0.2, 0.25) is 5.15 Å². The number of nitrogens with zero attached hydrogens (tertiary/aromatic N) is 4. The van der Waals surface area contributed by atoms with Crippen LogP contribution in [0.25, 0.3) is 0 Å². The maximum absolute atomic E-state index is 12.1. The zero-order chi connectivity index (χ0) is 18.7. The van der Waals surface area contributed by atoms with E-state index in [2.05, 4.69) is 21.8 Å². The summed E-state index contributed by atoms with van der Waals surface area (Å²) in [6.07, 6.45) is 3.42. The highest BCUT2D eigenvalue weighted by Gasteiger charge is 2.29. The number of halogens is 1. The van der Waals surface area contributed by atoms with Gasteiger partial charge < -0.3 is 19.3 Å². The zero-order valence-electron chi connectivity index (χ0n) is 15.7. The quantitative estimate of drug-likeness (QED) is 0.745. The summed E-state index contributed by atoms with van der Waals surface area (Å²) in [5.74, 6) is 1.39. The zero-order valence-corrected chi connectivity index (χ0v) is 16.4. The van der Waals surface area contributed by atoms with Gasteiger partial charge in [-0.2, -0.15) is 4.98 Å². The van der Waals surface area contributed by atoms with E-state index in [0.29, 0.717) is 30.2 Å². The first-order valence-electron chi connectivity index (χ1n) is 9.21. The fourth-order valence-corrected chi connectivity index (χ4v) is 3.73. The van der Waals surface area contributed by atoms with Gasteiger partial charge in [0.15, 0.2) is 0 Å². The Morgan fingerprint density at radius 1 is 1.31 bits per heavy atom. The molecule has 1 aliphatic heterocycles. The number of carbonyl (C=O) groups is 1. The third-order valence-electron chi connectivity index (χ3n) is 5.04. The van der Waals surface area contributed by atoms with Crippen LogP contribution < -0.4 is 9.64 Å². The predicted molar refractivity (Wildman–Crippen MR) is 99.7 cm³/mol. The lowest BCUT2D eigenvalue weighted by Crippen LogP contribution is -2.44. The summed E-state index contributed by atoms with van der Waals surface area (Å²) in [7, 11) is 3.62. The minimum atomic E-state index is 0.0575. The molecule has 2 heterocycles. The fraction of sp³-hybridized carbons (Fsp3) is 0.722. The van der Waals surface area contributed by atoms with E-state index in [1.54, 1.807) is 11.0 Å². The fourth-order valence-electron chi connectivity index (χ4n) is 3.56. The predicted octanol–water partition coefficient (Wildman–Crippen LogP) is 2.38. The van der Waals surface area contributed by atoms with E-state index in [1.807, 2.05) is 14.1 Å². The summed E-state index contributed by atoms with van der Waals surface area (Å²) in [6.45, 7) is 4.11. The molecule has 0 spiro atoms. The van der Waals surface area contributed by atoms with Crippen molar-refractivity contribution < 1.29 is 14.3 Å². The first kappa shape index (κ1) is 19.2. The van der Waals surface area contributed by atoms with Gasteiger partial charge in [0.2, 0.25) is 17.7 Å². The summed E-state index contributed by atoms with van der Waals surface area (Å²) >= 11 is 6.20. The van der Waals surface area contributed by atoms with Gasteiger partial charge >= 0.3 is 0 Å². The highest BCUT2D eigenvalue weighted by Crippen LogP contribution is 2.29. The van der Waals surface area contributed by atoms with Crippen LogP contribution in [0.15, 0.2) is 6.07 Å². The summed E-state index contributed by atoms with van der Waals surface area (Å²) in [5, 5.41) is 0.375. The Labute approximate surface area is 159 Å². The molecule has 0 radical (unpaired) electrons. The molecule has 1 saturated heterocycles. The van der Waals surface area contributed by atoms with Crippen molar-refractivity contribution in [2.24, 2.45) is 5.92 Å². The average Bonchev–Trinajstić information content (AvgIpc) is 2.61. The molecule has 0 N–H and O–H groups in total. The average molecular weight is 383 g/mol. The second kappa shape index (κ2) is 8.39. The van der Waals surface area contributed by atoms with E-state index in [0.717, 1.165) is 32.2 Å². The molecule has 1 amide bonds. The third-order valence-corrected chi connectivity index (χ3v) is 5.23. The minimum absolute atomic E-state index is 0.0575. The van der Waals surface area contributed by atoms with Crippen LogP contribution in [0.5, 0.6) is 5.88 Å². The van der Waals surface area contributed by atoms with Crippen molar-refractivity contribution in [2.45, 2.75) is 44.8 Å². The number of carbonyl (C=O) groups excluding carboxylic acids is 1. The number of rotatable bonds is 4. The van der Waals surface area contributed by atoms with Crippen molar-refractivity contribution in [2.75, 3.05) is 38.8 Å². The Balaban J connectivity index is 1.63. The van der Waals surface area contributed by atoms with E-state index >= 15 is 0 Å². The van der Waals surface area contributed by atoms with Crippen LogP contribution >= 0.6 is 11.6 Å². The van der Waals surface area contributed by atoms with Crippen molar-refractivity contribution in [1.82, 2.24) is 14.9 Å². The van der Waals surface area contributed by atoms with Gasteiger partial charge in [0.05, 0.1) is 19.3 Å². The standard InChI is InChI=1S/C18H27ClN4O3/c1-12-11-25-9-8-23(12)18-20-15(19)10-16(21-18)26-14-6-4-13(5-7-14)17(24)22(2)3/h10,12-14H,4-9,11H2,1-3H3/t12-,13?,14?/m0/s1. The maximum Gasteiger partial charge on any atom is 0.230 e. The lowest BCUT2D eigenvalue weighted by molar-refractivity contribution is -0.134. The molecule has 1 aliphatic carbocycles. The number of hydrogen-bond donors (Lipinski definition) is 0. The Bertz CT molecular complexity index is 635. The van der Waals surface area contributed by atoms with E-state index in [9.17, 15) is 4.79 Å². The van der Waals surface area contributed by atoms with Gasteiger partial charge in [0.25, 0.3) is 0 Å². The van der Waals surface area contributed by atoms with Crippen molar-refractivity contribution >= 4 is 23.5 Å². The van der Waals surface area contributed by atoms with Gasteiger partial charge in [0.1, 0.15) is 11.3 Å². The van der Waals surface area contributed by atoms with Crippen LogP contribution in [-0.2, 0) is 9.53 Å². The van der Waals surface area contributed by atoms with Crippen LogP contribution in [-0.4, -0.2) is 66.8 Å². The molecule has 1 saturated carbocycles. The number of aromatic nitrogens is 2. The molecule has 7 nitrogen and oxygen atoms in total. The topological polar surface area (TPSA) is 67.8 Å². The van der Waals surface area contributed by atoms with E-state index in [-0.39, 0.29) is 24.0 Å². The van der Waals surface area contributed by atoms with E-state index in [1.165, 1.54) is 0 Å². The Morgan fingerprint density at radius 3 is 2.69 bits per heavy atom. The molecule has 1 aromatic rings. The van der Waals surface area contributed by atoms with E-state index in [4.69, 9.17) is 21.1 Å². The SMILES string of the molecule is C[C@H]1COCCN1c1nc(Cl)cc(OC2CCC(C(=O)N(C)C)CC2)n1. The molecule has 1 atom stereocenters. The van der Waals surface area contributed by atoms with E-state index < -0.39 is 0 Å². The molecule has 144 valence electrons. The van der Waals surface area contributed by atoms with Gasteiger partial charge in [-0.05, 0) is 32.6 Å². The number of anilines is 1. The molecular formula is C18H27ClN4O3. The molecule has 0 bridgehead atoms. The summed E-state index contributed by atoms with van der Waals surface area (Å²) in [5.41, 5.74) is 0. The Hall–Kier alpha value is -1.60. The summed E-state index contributed by atoms with van der Waals surface area (Å²) in [4.78, 5) is 24.8. The first-order valence-corrected chi connectivity index (χ1v) is 9.58. The molecule has 26 heavy (non-hydrogen) atoms. The van der Waals surface area contributed by atoms with Crippen LogP contribution in [0, 0.1) is 5.92 Å². The molecule has 1 aromatic heterocycles. The van der Waals surface area contributed by atoms with Gasteiger partial charge in [-0.1, -0.05) is 11.6 Å². The second-order valence-electron chi connectivity index (χ2n) is 7.27. The normalized spacial score (nSPS) is 26.5. The number of hydrogen-bond acceptors (Lipinski definition) is 6. The van der Waals surface area contributed by atoms with Crippen molar-refractivity contribution in [1.29, 1.82) is 0 Å². The van der Waals surface area contributed by atoms with Crippen LogP contribution in [0.1, 0.15) is 32.6 Å². The number of morpholine rings is 1. The largest absolute Gasteiger partial charge is 0.474 e. The lowest BCUT2D eigenvalue weighted by Gasteiger charge is -2.33. The van der Waals surface area contributed by atoms with Crippen molar-refractivity contribution in [3.8, 4) is 5.88 Å². The monoisotopic (exact) mass is 382 g/mol. The smallest absolute Gasteiger partial charge is 0.230 e. The lowest BCUT2D eigenvalue weighted by atomic mass is 9.86. The highest BCUT2D eigenvalue weighted by molar-refractivity contribution is 6.29. The van der Waals surface area contributed by atoms with Gasteiger partial charge in [-0.15, -0.1) is 0 Å². The summed E-state index contributed by atoms with van der Waals surface area (Å²) < 4.78 is 11.5. The Kier molecular flexibility index (Phi) is 6.19. The molecule has 3 rings (SSSR count). The van der Waals surface area contributed by atoms with Gasteiger partial charge in [0, 0.05) is 32.6 Å². The number of amides is 1. The van der Waals surface area contributed by atoms with Gasteiger partial charge in [-0.25, -0.2) is 4.98 Å². The molecular weight excluding hydrogens is 356 g/mol. The highest BCUT2D eigenvalue weighted by atomic mass is 35.5. The molecule has 2 aliphatic rings. The molecule has 2 fully saturated rings. The summed E-state index contributed by atoms with van der Waals surface area (Å²) in [6, 6.07) is 1.86. The second-order valence-corrected chi connectivity index (χ2v) is 7.66. The third kappa shape index (κ3) is 4.57. The minimum Gasteiger partial charge on any atom is -0.474 e. The maximum atomic E-state index is 12.1. The van der Waals surface area contributed by atoms with Crippen molar-refractivity contribution in [3.63, 3.8) is 0 Å². The van der Waals surface area contributed by atoms with Crippen LogP contribution in [0.4, 0.5) is 5.95 Å². The Morgan fingerprint density at radius 2 is 2.04 bits per heavy atom. The van der Waals surface area contributed by atoms with Crippen molar-refractivity contribution in [3.05, 3.63) is 11.2 Å². The first-order chi connectivity index (χ1) is 12.4.